The third-order valence-electron chi connectivity index (χ3n) is 3.76. The van der Waals surface area contributed by atoms with Crippen molar-refractivity contribution in [2.45, 2.75) is 6.92 Å². The van der Waals surface area contributed by atoms with E-state index in [0.717, 1.165) is 5.56 Å². The number of aryl methyl sites for hydroxylation is 1. The average molecular weight is 479 g/mol. The molecule has 0 bridgehead atoms. The lowest BCUT2D eigenvalue weighted by molar-refractivity contribution is 0.0729. The second-order valence-electron chi connectivity index (χ2n) is 5.98. The van der Waals surface area contributed by atoms with Crippen LogP contribution in [0.2, 0.25) is 10.0 Å². The van der Waals surface area contributed by atoms with Crippen molar-refractivity contribution in [1.29, 1.82) is 0 Å². The molecule has 0 saturated heterocycles. The van der Waals surface area contributed by atoms with Crippen molar-refractivity contribution in [3.8, 4) is 11.5 Å². The van der Waals surface area contributed by atoms with Crippen molar-refractivity contribution < 1.29 is 14.6 Å². The van der Waals surface area contributed by atoms with Crippen molar-refractivity contribution >= 4 is 57.0 Å². The molecule has 0 heterocycles. The fourth-order valence-electron chi connectivity index (χ4n) is 2.38. The summed E-state index contributed by atoms with van der Waals surface area (Å²) in [6.45, 7) is 1.92. The molecule has 0 spiro atoms. The van der Waals surface area contributed by atoms with Gasteiger partial charge in [-0.2, -0.15) is 0 Å². The van der Waals surface area contributed by atoms with Crippen molar-refractivity contribution in [2.75, 3.05) is 0 Å². The molecule has 142 valence electrons. The maximum Gasteiger partial charge on any atom is 0.343 e. The van der Waals surface area contributed by atoms with Crippen LogP contribution in [0.1, 0.15) is 21.5 Å². The number of rotatable bonds is 4. The summed E-state index contributed by atoms with van der Waals surface area (Å²) < 4.78 is 5.97. The smallest absolute Gasteiger partial charge is 0.343 e. The number of nitrogens with zero attached hydrogens (tertiary/aromatic N) is 1. The van der Waals surface area contributed by atoms with Crippen molar-refractivity contribution in [1.82, 2.24) is 0 Å². The number of benzene rings is 3. The highest BCUT2D eigenvalue weighted by Crippen LogP contribution is 2.34. The first-order valence-electron chi connectivity index (χ1n) is 8.13. The molecular weight excluding hydrogens is 465 g/mol. The highest BCUT2D eigenvalue weighted by Gasteiger charge is 2.15. The van der Waals surface area contributed by atoms with E-state index in [9.17, 15) is 9.90 Å². The fraction of sp³-hybridized carbons (Fsp3) is 0.0476. The van der Waals surface area contributed by atoms with E-state index in [1.807, 2.05) is 19.1 Å². The Morgan fingerprint density at radius 3 is 2.36 bits per heavy atom. The van der Waals surface area contributed by atoms with Gasteiger partial charge in [0.05, 0.1) is 11.3 Å². The van der Waals surface area contributed by atoms with E-state index in [0.29, 0.717) is 31.3 Å². The SMILES string of the molecule is Cc1ccc(C(=O)Oc2cc(Br)cc(C=Nc3cc(Cl)cc(Cl)c3)c2O)cc1. The number of carbonyl (C=O) groups is 1. The normalized spacial score (nSPS) is 11.0. The van der Waals surface area contributed by atoms with Gasteiger partial charge in [0.1, 0.15) is 0 Å². The van der Waals surface area contributed by atoms with Crippen LogP contribution in [0.3, 0.4) is 0 Å². The van der Waals surface area contributed by atoms with Gasteiger partial charge in [-0.1, -0.05) is 56.8 Å². The number of esters is 1. The summed E-state index contributed by atoms with van der Waals surface area (Å²) in [4.78, 5) is 16.6. The summed E-state index contributed by atoms with van der Waals surface area (Å²) in [5.41, 5.74) is 2.29. The summed E-state index contributed by atoms with van der Waals surface area (Å²) >= 11 is 15.3. The van der Waals surface area contributed by atoms with Crippen LogP contribution in [-0.2, 0) is 0 Å². The zero-order valence-electron chi connectivity index (χ0n) is 14.6. The Morgan fingerprint density at radius 1 is 1.07 bits per heavy atom. The molecule has 4 nitrogen and oxygen atoms in total. The standard InChI is InChI=1S/C21H14BrCl2NO3/c1-12-2-4-13(5-3-12)21(27)28-19-7-15(22)6-14(20(19)26)11-25-18-9-16(23)8-17(24)10-18/h2-11,26H,1H3. The van der Waals surface area contributed by atoms with E-state index >= 15 is 0 Å². The number of ether oxygens (including phenoxy) is 1. The Bertz CT molecular complexity index is 1050. The molecule has 0 aliphatic heterocycles. The minimum absolute atomic E-state index is 0.0190. The number of aliphatic imine (C=N–C) groups is 1. The Balaban J connectivity index is 1.88. The van der Waals surface area contributed by atoms with Crippen molar-refractivity contribution in [3.05, 3.63) is 85.8 Å². The summed E-state index contributed by atoms with van der Waals surface area (Å²) in [6, 6.07) is 15.0. The highest BCUT2D eigenvalue weighted by atomic mass is 79.9. The second-order valence-corrected chi connectivity index (χ2v) is 7.77. The van der Waals surface area contributed by atoms with Gasteiger partial charge in [0.15, 0.2) is 11.5 Å². The number of hydrogen-bond acceptors (Lipinski definition) is 4. The van der Waals surface area contributed by atoms with Crippen LogP contribution in [-0.4, -0.2) is 17.3 Å². The predicted octanol–water partition coefficient (Wildman–Crippen LogP) is 6.74. The van der Waals surface area contributed by atoms with E-state index < -0.39 is 5.97 Å². The lowest BCUT2D eigenvalue weighted by atomic mass is 10.1. The third kappa shape index (κ3) is 5.13. The van der Waals surface area contributed by atoms with Gasteiger partial charge in [-0.25, -0.2) is 4.79 Å². The number of hydrogen-bond donors (Lipinski definition) is 1. The lowest BCUT2D eigenvalue weighted by Gasteiger charge is -2.09. The van der Waals surface area contributed by atoms with Crippen molar-refractivity contribution in [2.24, 2.45) is 4.99 Å². The molecule has 1 N–H and O–H groups in total. The quantitative estimate of drug-likeness (QED) is 0.256. The van der Waals surface area contributed by atoms with Gasteiger partial charge in [0, 0.05) is 26.3 Å². The van der Waals surface area contributed by atoms with Crippen LogP contribution in [0.25, 0.3) is 0 Å². The van der Waals surface area contributed by atoms with Gasteiger partial charge in [-0.05, 0) is 49.4 Å². The van der Waals surface area contributed by atoms with Crippen LogP contribution in [0, 0.1) is 6.92 Å². The predicted molar refractivity (Wildman–Crippen MR) is 116 cm³/mol. The number of phenolic OH excluding ortho intramolecular Hbond substituents is 1. The molecule has 3 aromatic carbocycles. The molecule has 7 heteroatoms. The van der Waals surface area contributed by atoms with Crippen molar-refractivity contribution in [3.63, 3.8) is 0 Å². The Kier molecular flexibility index (Phi) is 6.39. The van der Waals surface area contributed by atoms with Crippen LogP contribution >= 0.6 is 39.1 Å². The average Bonchev–Trinajstić information content (AvgIpc) is 2.63. The number of phenols is 1. The molecule has 0 aliphatic rings. The van der Waals surface area contributed by atoms with E-state index in [2.05, 4.69) is 20.9 Å². The fourth-order valence-corrected chi connectivity index (χ4v) is 3.35. The molecular formula is C21H14BrCl2NO3. The third-order valence-corrected chi connectivity index (χ3v) is 4.65. The Hall–Kier alpha value is -2.34. The first-order chi connectivity index (χ1) is 13.3. The first-order valence-corrected chi connectivity index (χ1v) is 9.68. The van der Waals surface area contributed by atoms with E-state index in [1.165, 1.54) is 12.3 Å². The molecule has 28 heavy (non-hydrogen) atoms. The largest absolute Gasteiger partial charge is 0.504 e. The molecule has 0 amide bonds. The van der Waals surface area contributed by atoms with Crippen LogP contribution in [0.4, 0.5) is 5.69 Å². The maximum absolute atomic E-state index is 12.3. The molecule has 3 aromatic rings. The van der Waals surface area contributed by atoms with Gasteiger partial charge >= 0.3 is 5.97 Å². The topological polar surface area (TPSA) is 58.9 Å². The molecule has 0 unspecified atom stereocenters. The monoisotopic (exact) mass is 477 g/mol. The van der Waals surface area contributed by atoms with Crippen LogP contribution in [0.15, 0.2) is 64.1 Å². The van der Waals surface area contributed by atoms with Gasteiger partial charge in [0.2, 0.25) is 0 Å². The maximum atomic E-state index is 12.3. The highest BCUT2D eigenvalue weighted by molar-refractivity contribution is 9.10. The van der Waals surface area contributed by atoms with Gasteiger partial charge in [-0.3, -0.25) is 4.99 Å². The number of aromatic hydroxyl groups is 1. The van der Waals surface area contributed by atoms with Gasteiger partial charge in [-0.15, -0.1) is 0 Å². The summed E-state index contributed by atoms with van der Waals surface area (Å²) in [5, 5.41) is 11.4. The molecule has 0 aromatic heterocycles. The summed E-state index contributed by atoms with van der Waals surface area (Å²) in [6.07, 6.45) is 1.44. The molecule has 0 saturated carbocycles. The van der Waals surface area contributed by atoms with Crippen LogP contribution in [0.5, 0.6) is 11.5 Å². The zero-order valence-corrected chi connectivity index (χ0v) is 17.7. The van der Waals surface area contributed by atoms with E-state index in [-0.39, 0.29) is 11.5 Å². The summed E-state index contributed by atoms with van der Waals surface area (Å²) in [5.74, 6) is -0.760. The Labute approximate surface area is 180 Å². The Morgan fingerprint density at radius 2 is 1.71 bits per heavy atom. The van der Waals surface area contributed by atoms with Gasteiger partial charge < -0.3 is 9.84 Å². The zero-order chi connectivity index (χ0) is 20.3. The van der Waals surface area contributed by atoms with Gasteiger partial charge in [0.25, 0.3) is 0 Å². The molecule has 0 atom stereocenters. The molecule has 0 aliphatic carbocycles. The molecule has 3 rings (SSSR count). The summed E-state index contributed by atoms with van der Waals surface area (Å²) in [7, 11) is 0. The minimum Gasteiger partial charge on any atom is -0.504 e. The number of carbonyl (C=O) groups excluding carboxylic acids is 1. The second kappa shape index (κ2) is 8.78. The van der Waals surface area contributed by atoms with E-state index in [4.69, 9.17) is 27.9 Å². The first kappa shape index (κ1) is 20.4. The lowest BCUT2D eigenvalue weighted by Crippen LogP contribution is -2.09. The van der Waals surface area contributed by atoms with Crippen LogP contribution < -0.4 is 4.74 Å². The van der Waals surface area contributed by atoms with E-state index in [1.54, 1.807) is 36.4 Å². The molecule has 0 fully saturated rings. The molecule has 0 radical (unpaired) electrons. The minimum atomic E-state index is -0.571. The number of halogens is 3.